The summed E-state index contributed by atoms with van der Waals surface area (Å²) >= 11 is 0. The smallest absolute Gasteiger partial charge is 0.262 e. The first-order chi connectivity index (χ1) is 16.4. The highest BCUT2D eigenvalue weighted by atomic mass is 32.2. The molecule has 1 aliphatic carbocycles. The molecule has 0 aromatic heterocycles. The number of fused-ring (bicyclic) bond motifs is 1. The topological polar surface area (TPSA) is 88.2 Å². The first-order valence-corrected chi connectivity index (χ1v) is 13.5. The third kappa shape index (κ3) is 4.86. The van der Waals surface area contributed by atoms with Crippen molar-refractivity contribution >= 4 is 21.6 Å². The molecule has 0 spiro atoms. The van der Waals surface area contributed by atoms with Crippen LogP contribution in [0.2, 0.25) is 0 Å². The van der Waals surface area contributed by atoms with Crippen molar-refractivity contribution in [3.63, 3.8) is 0 Å². The lowest BCUT2D eigenvalue weighted by molar-refractivity contribution is 0.0554. The van der Waals surface area contributed by atoms with Gasteiger partial charge in [-0.3, -0.25) is 9.52 Å². The number of hydrogen-bond acceptors (Lipinski definition) is 6. The van der Waals surface area contributed by atoms with Crippen LogP contribution < -0.4 is 14.2 Å². The molecule has 2 heterocycles. The second kappa shape index (κ2) is 9.46. The van der Waals surface area contributed by atoms with Crippen molar-refractivity contribution in [2.24, 2.45) is 0 Å². The summed E-state index contributed by atoms with van der Waals surface area (Å²) in [7, 11) is -3.86. The molecule has 0 unspecified atom stereocenters. The Morgan fingerprint density at radius 2 is 1.71 bits per heavy atom. The summed E-state index contributed by atoms with van der Waals surface area (Å²) in [5, 5.41) is 0. The van der Waals surface area contributed by atoms with E-state index in [4.69, 9.17) is 9.47 Å². The predicted octanol–water partition coefficient (Wildman–Crippen LogP) is 3.35. The fourth-order valence-corrected chi connectivity index (χ4v) is 5.83. The minimum Gasteiger partial charge on any atom is -0.486 e. The number of nitrogens with one attached hydrogen (secondary N) is 1. The van der Waals surface area contributed by atoms with Crippen LogP contribution >= 0.6 is 0 Å². The van der Waals surface area contributed by atoms with E-state index >= 15 is 0 Å². The van der Waals surface area contributed by atoms with Gasteiger partial charge in [-0.1, -0.05) is 13.0 Å². The Labute approximate surface area is 200 Å². The minimum atomic E-state index is -3.86. The lowest BCUT2D eigenvalue weighted by Crippen LogP contribution is -2.48. The third-order valence-corrected chi connectivity index (χ3v) is 8.14. The molecular formula is C25H31N3O5S. The molecule has 0 radical (unpaired) electrons. The van der Waals surface area contributed by atoms with Gasteiger partial charge in [-0.2, -0.15) is 0 Å². The molecule has 1 saturated carbocycles. The van der Waals surface area contributed by atoms with Crippen molar-refractivity contribution in [3.8, 4) is 11.5 Å². The number of sulfonamides is 1. The standard InChI is InChI=1S/C25H31N3O5S/c1-2-27-12-10-21(11-13-27)28(20-6-7-20)25(29)18-4-3-5-19(16-18)26-34(30,31)22-8-9-23-24(17-22)33-15-14-32-23/h3-5,8-9,16-17,20-21,26H,2,6-7,10-15H2,1H3. The van der Waals surface area contributed by atoms with Crippen molar-refractivity contribution in [1.29, 1.82) is 0 Å². The molecule has 2 aliphatic heterocycles. The average molecular weight is 486 g/mol. The van der Waals surface area contributed by atoms with Crippen molar-refractivity contribution in [2.75, 3.05) is 37.6 Å². The summed E-state index contributed by atoms with van der Waals surface area (Å²) in [6, 6.07) is 11.9. The number of hydrogen-bond donors (Lipinski definition) is 1. The Morgan fingerprint density at radius 1 is 1.00 bits per heavy atom. The molecule has 2 fully saturated rings. The Bertz CT molecular complexity index is 1160. The monoisotopic (exact) mass is 485 g/mol. The molecule has 3 aliphatic rings. The Kier molecular flexibility index (Phi) is 6.40. The quantitative estimate of drug-likeness (QED) is 0.647. The number of carbonyl (C=O) groups excluding carboxylic acids is 1. The number of benzene rings is 2. The minimum absolute atomic E-state index is 0.0159. The summed E-state index contributed by atoms with van der Waals surface area (Å²) in [5.74, 6) is 0.924. The van der Waals surface area contributed by atoms with E-state index < -0.39 is 10.0 Å². The van der Waals surface area contributed by atoms with Gasteiger partial charge in [-0.25, -0.2) is 8.42 Å². The zero-order valence-corrected chi connectivity index (χ0v) is 20.2. The van der Waals surface area contributed by atoms with Gasteiger partial charge in [0.15, 0.2) is 11.5 Å². The molecule has 0 atom stereocenters. The second-order valence-electron chi connectivity index (χ2n) is 9.10. The van der Waals surface area contributed by atoms with Crippen molar-refractivity contribution in [1.82, 2.24) is 9.80 Å². The highest BCUT2D eigenvalue weighted by Gasteiger charge is 2.38. The number of anilines is 1. The fourth-order valence-electron chi connectivity index (χ4n) is 4.77. The Morgan fingerprint density at radius 3 is 2.41 bits per heavy atom. The number of amides is 1. The number of nitrogens with zero attached hydrogens (tertiary/aromatic N) is 2. The van der Waals surface area contributed by atoms with Crippen LogP contribution in [0.3, 0.4) is 0 Å². The van der Waals surface area contributed by atoms with Crippen LogP contribution in [0.25, 0.3) is 0 Å². The van der Waals surface area contributed by atoms with E-state index in [1.165, 1.54) is 12.1 Å². The maximum Gasteiger partial charge on any atom is 0.262 e. The Balaban J connectivity index is 1.33. The molecular weight excluding hydrogens is 454 g/mol. The van der Waals surface area contributed by atoms with Crippen LogP contribution in [0.5, 0.6) is 11.5 Å². The van der Waals surface area contributed by atoms with Gasteiger partial charge < -0.3 is 19.3 Å². The van der Waals surface area contributed by atoms with Gasteiger partial charge in [0, 0.05) is 42.5 Å². The van der Waals surface area contributed by atoms with Crippen LogP contribution in [0.1, 0.15) is 43.0 Å². The van der Waals surface area contributed by atoms with Gasteiger partial charge in [0.25, 0.3) is 15.9 Å². The normalized spacial score (nSPS) is 19.0. The lowest BCUT2D eigenvalue weighted by atomic mass is 10.0. The molecule has 5 rings (SSSR count). The average Bonchev–Trinajstić information content (AvgIpc) is 3.69. The van der Waals surface area contributed by atoms with Crippen LogP contribution in [0.15, 0.2) is 47.4 Å². The maximum atomic E-state index is 13.5. The molecule has 1 saturated heterocycles. The zero-order chi connectivity index (χ0) is 23.7. The van der Waals surface area contributed by atoms with E-state index in [2.05, 4.69) is 21.4 Å². The van der Waals surface area contributed by atoms with Gasteiger partial charge in [0.2, 0.25) is 0 Å². The van der Waals surface area contributed by atoms with E-state index in [-0.39, 0.29) is 16.8 Å². The molecule has 8 nitrogen and oxygen atoms in total. The number of likely N-dealkylation sites (tertiary alicyclic amines) is 1. The van der Waals surface area contributed by atoms with E-state index in [1.54, 1.807) is 30.3 Å². The maximum absolute atomic E-state index is 13.5. The third-order valence-electron chi connectivity index (χ3n) is 6.76. The highest BCUT2D eigenvalue weighted by molar-refractivity contribution is 7.92. The zero-order valence-electron chi connectivity index (χ0n) is 19.4. The van der Waals surface area contributed by atoms with Crippen LogP contribution in [-0.4, -0.2) is 69.1 Å². The van der Waals surface area contributed by atoms with Gasteiger partial charge in [0.1, 0.15) is 13.2 Å². The summed E-state index contributed by atoms with van der Waals surface area (Å²) in [6.45, 7) is 6.04. The SMILES string of the molecule is CCN1CCC(N(C(=O)c2cccc(NS(=O)(=O)c3ccc4c(c3)OCCO4)c2)C2CC2)CC1. The van der Waals surface area contributed by atoms with E-state index in [9.17, 15) is 13.2 Å². The highest BCUT2D eigenvalue weighted by Crippen LogP contribution is 2.35. The first kappa shape index (κ1) is 23.0. The van der Waals surface area contributed by atoms with Crippen LogP contribution in [-0.2, 0) is 10.0 Å². The molecule has 9 heteroatoms. The largest absolute Gasteiger partial charge is 0.486 e. The van der Waals surface area contributed by atoms with Crippen LogP contribution in [0.4, 0.5) is 5.69 Å². The lowest BCUT2D eigenvalue weighted by Gasteiger charge is -2.38. The van der Waals surface area contributed by atoms with Crippen molar-refractivity contribution < 1.29 is 22.7 Å². The van der Waals surface area contributed by atoms with E-state index in [1.807, 2.05) is 0 Å². The number of rotatable bonds is 7. The summed E-state index contributed by atoms with van der Waals surface area (Å²) in [4.78, 5) is 18.1. The molecule has 1 N–H and O–H groups in total. The summed E-state index contributed by atoms with van der Waals surface area (Å²) in [6.07, 6.45) is 4.03. The second-order valence-corrected chi connectivity index (χ2v) is 10.8. The van der Waals surface area contributed by atoms with Gasteiger partial charge >= 0.3 is 0 Å². The molecule has 182 valence electrons. The Hall–Kier alpha value is -2.78. The van der Waals surface area contributed by atoms with Crippen molar-refractivity contribution in [2.45, 2.75) is 49.6 Å². The summed E-state index contributed by atoms with van der Waals surface area (Å²) in [5.41, 5.74) is 0.865. The molecule has 2 aromatic rings. The predicted molar refractivity (Wildman–Crippen MR) is 129 cm³/mol. The van der Waals surface area contributed by atoms with Crippen molar-refractivity contribution in [3.05, 3.63) is 48.0 Å². The van der Waals surface area contributed by atoms with Gasteiger partial charge in [-0.15, -0.1) is 0 Å². The fraction of sp³-hybridized carbons (Fsp3) is 0.480. The molecule has 2 aromatic carbocycles. The number of carbonyl (C=O) groups is 1. The summed E-state index contributed by atoms with van der Waals surface area (Å²) < 4.78 is 39.6. The van der Waals surface area contributed by atoms with E-state index in [0.29, 0.717) is 42.0 Å². The van der Waals surface area contributed by atoms with Gasteiger partial charge in [-0.05, 0) is 62.6 Å². The van der Waals surface area contributed by atoms with E-state index in [0.717, 1.165) is 45.3 Å². The molecule has 0 bridgehead atoms. The number of piperidine rings is 1. The van der Waals surface area contributed by atoms with Crippen LogP contribution in [0, 0.1) is 0 Å². The molecule has 1 amide bonds. The molecule has 34 heavy (non-hydrogen) atoms. The van der Waals surface area contributed by atoms with Gasteiger partial charge in [0.05, 0.1) is 4.90 Å². The first-order valence-electron chi connectivity index (χ1n) is 12.0. The number of ether oxygens (including phenoxy) is 2.